The minimum atomic E-state index is -5.10. The monoisotopic (exact) mass is 736 g/mol. The molecule has 1 saturated carbocycles. The fourth-order valence-electron chi connectivity index (χ4n) is 5.44. The van der Waals surface area contributed by atoms with Crippen LogP contribution in [0.4, 0.5) is 0 Å². The van der Waals surface area contributed by atoms with Crippen LogP contribution in [0.25, 0.3) is 0 Å². The molecule has 0 amide bonds. The van der Waals surface area contributed by atoms with Gasteiger partial charge in [-0.2, -0.15) is 0 Å². The summed E-state index contributed by atoms with van der Waals surface area (Å²) in [5.41, 5.74) is 0. The second kappa shape index (κ2) is 27.9. The summed E-state index contributed by atoms with van der Waals surface area (Å²) in [6, 6.07) is 0. The molecule has 13 nitrogen and oxygen atoms in total. The summed E-state index contributed by atoms with van der Waals surface area (Å²) < 4.78 is 33.2. The summed E-state index contributed by atoms with van der Waals surface area (Å²) >= 11 is 0. The third-order valence-corrected chi connectivity index (χ3v) is 9.51. The fourth-order valence-corrected chi connectivity index (χ4v) is 6.41. The fraction of sp³-hybridized carbons (Fsp3) is 0.833. The van der Waals surface area contributed by atoms with E-state index in [0.717, 1.165) is 70.6 Å². The Morgan fingerprint density at radius 1 is 0.620 bits per heavy atom. The SMILES string of the molecule is CCC/C=C\C/C=C\CCCCCCCC(=O)OC(COC(=O)CCCCCCCCCC)COP(=O)(O)OC1C(O)C(O)C(O)C(O)C1O. The van der Waals surface area contributed by atoms with Gasteiger partial charge in [0, 0.05) is 12.8 Å². The molecular weight excluding hydrogens is 671 g/mol. The average Bonchev–Trinajstić information content (AvgIpc) is 3.09. The lowest BCUT2D eigenvalue weighted by Crippen LogP contribution is -2.64. The van der Waals surface area contributed by atoms with E-state index in [4.69, 9.17) is 18.5 Å². The van der Waals surface area contributed by atoms with Crippen LogP contribution in [0.5, 0.6) is 0 Å². The molecule has 0 spiro atoms. The maximum atomic E-state index is 12.7. The van der Waals surface area contributed by atoms with Gasteiger partial charge in [0.2, 0.25) is 0 Å². The van der Waals surface area contributed by atoms with Gasteiger partial charge in [-0.05, 0) is 38.5 Å². The number of carbonyl (C=O) groups is 2. The van der Waals surface area contributed by atoms with Gasteiger partial charge in [0.15, 0.2) is 6.10 Å². The minimum Gasteiger partial charge on any atom is -0.462 e. The molecule has 0 aliphatic heterocycles. The summed E-state index contributed by atoms with van der Waals surface area (Å²) in [6.45, 7) is 3.13. The molecule has 1 fully saturated rings. The molecule has 0 saturated heterocycles. The number of ether oxygens (including phenoxy) is 2. The highest BCUT2D eigenvalue weighted by atomic mass is 31.2. The standard InChI is InChI=1S/C36H65O13P/c1-3-5-7-9-11-13-14-15-16-17-19-21-23-25-30(38)48-28(26-46-29(37)24-22-20-18-12-10-8-6-4-2)27-47-50(44,45)49-36-34(42)32(40)31(39)33(41)35(36)43/h7,9,13-14,28,31-36,39-43H,3-6,8,10-12,15-27H2,1-2H3,(H,44,45)/b9-7-,14-13-. The van der Waals surface area contributed by atoms with Crippen LogP contribution in [0.3, 0.4) is 0 Å². The number of aliphatic hydroxyl groups excluding tert-OH is 5. The van der Waals surface area contributed by atoms with Crippen molar-refractivity contribution in [1.82, 2.24) is 0 Å². The summed E-state index contributed by atoms with van der Waals surface area (Å²) in [5.74, 6) is -1.12. The Kier molecular flexibility index (Phi) is 25.9. The normalized spacial score (nSPS) is 24.4. The Morgan fingerprint density at radius 3 is 1.70 bits per heavy atom. The molecule has 292 valence electrons. The number of phosphoric ester groups is 1. The largest absolute Gasteiger partial charge is 0.472 e. The van der Waals surface area contributed by atoms with E-state index in [1.165, 1.54) is 25.7 Å². The molecule has 0 aromatic heterocycles. The third-order valence-electron chi connectivity index (χ3n) is 8.53. The van der Waals surface area contributed by atoms with Gasteiger partial charge in [0.05, 0.1) is 6.61 Å². The van der Waals surface area contributed by atoms with Gasteiger partial charge in [-0.1, -0.05) is 109 Å². The number of phosphoric acid groups is 1. The highest BCUT2D eigenvalue weighted by molar-refractivity contribution is 7.47. The summed E-state index contributed by atoms with van der Waals surface area (Å²) in [7, 11) is -5.10. The van der Waals surface area contributed by atoms with Crippen molar-refractivity contribution < 1.29 is 63.1 Å². The number of aliphatic hydroxyl groups is 5. The van der Waals surface area contributed by atoms with Gasteiger partial charge in [-0.25, -0.2) is 4.57 Å². The lowest BCUT2D eigenvalue weighted by atomic mass is 9.85. The number of esters is 2. The van der Waals surface area contributed by atoms with Crippen LogP contribution in [0.2, 0.25) is 0 Å². The smallest absolute Gasteiger partial charge is 0.462 e. The van der Waals surface area contributed by atoms with Crippen LogP contribution in [0.15, 0.2) is 24.3 Å². The first kappa shape index (κ1) is 46.4. The molecule has 6 N–H and O–H groups in total. The van der Waals surface area contributed by atoms with Gasteiger partial charge >= 0.3 is 19.8 Å². The molecule has 0 aromatic rings. The topological polar surface area (TPSA) is 210 Å². The number of allylic oxidation sites excluding steroid dienone is 4. The molecule has 6 atom stereocenters. The van der Waals surface area contributed by atoms with Crippen LogP contribution < -0.4 is 0 Å². The number of unbranched alkanes of at least 4 members (excludes halogenated alkanes) is 13. The summed E-state index contributed by atoms with van der Waals surface area (Å²) in [4.78, 5) is 35.3. The Bertz CT molecular complexity index is 990. The predicted octanol–water partition coefficient (Wildman–Crippen LogP) is 5.33. The first-order chi connectivity index (χ1) is 23.9. The van der Waals surface area contributed by atoms with E-state index in [2.05, 4.69) is 38.2 Å². The highest BCUT2D eigenvalue weighted by Gasteiger charge is 2.51. The van der Waals surface area contributed by atoms with Crippen molar-refractivity contribution in [2.75, 3.05) is 13.2 Å². The molecule has 0 radical (unpaired) electrons. The first-order valence-corrected chi connectivity index (χ1v) is 20.1. The Balaban J connectivity index is 2.57. The second-order valence-corrected chi connectivity index (χ2v) is 14.5. The number of hydrogen-bond donors (Lipinski definition) is 6. The second-order valence-electron chi connectivity index (χ2n) is 13.1. The molecule has 0 bridgehead atoms. The summed E-state index contributed by atoms with van der Waals surface area (Å²) in [6.07, 6.45) is 12.8. The van der Waals surface area contributed by atoms with Crippen molar-refractivity contribution in [2.45, 2.75) is 179 Å². The zero-order chi connectivity index (χ0) is 37.2. The first-order valence-electron chi connectivity index (χ1n) is 18.6. The zero-order valence-electron chi connectivity index (χ0n) is 30.2. The predicted molar refractivity (Wildman–Crippen MR) is 189 cm³/mol. The van der Waals surface area contributed by atoms with Gasteiger partial charge in [-0.15, -0.1) is 0 Å². The van der Waals surface area contributed by atoms with Crippen molar-refractivity contribution in [3.05, 3.63) is 24.3 Å². The van der Waals surface area contributed by atoms with Gasteiger partial charge in [-0.3, -0.25) is 18.6 Å². The molecule has 6 unspecified atom stereocenters. The quantitative estimate of drug-likeness (QED) is 0.0249. The number of rotatable bonds is 29. The van der Waals surface area contributed by atoms with E-state index in [-0.39, 0.29) is 12.8 Å². The molecule has 1 rings (SSSR count). The van der Waals surface area contributed by atoms with E-state index in [9.17, 15) is 44.6 Å². The van der Waals surface area contributed by atoms with Gasteiger partial charge in [0.1, 0.15) is 43.2 Å². The van der Waals surface area contributed by atoms with E-state index < -0.39 is 75.7 Å². The molecule has 14 heteroatoms. The Morgan fingerprint density at radius 2 is 1.12 bits per heavy atom. The van der Waals surface area contributed by atoms with Crippen molar-refractivity contribution in [2.24, 2.45) is 0 Å². The number of hydrogen-bond acceptors (Lipinski definition) is 12. The zero-order valence-corrected chi connectivity index (χ0v) is 31.1. The maximum Gasteiger partial charge on any atom is 0.472 e. The number of carbonyl (C=O) groups excluding carboxylic acids is 2. The van der Waals surface area contributed by atoms with Gasteiger partial charge < -0.3 is 39.9 Å². The van der Waals surface area contributed by atoms with E-state index in [0.29, 0.717) is 12.8 Å². The van der Waals surface area contributed by atoms with Crippen molar-refractivity contribution in [1.29, 1.82) is 0 Å². The van der Waals surface area contributed by atoms with Crippen LogP contribution in [-0.2, 0) is 32.7 Å². The molecule has 0 heterocycles. The van der Waals surface area contributed by atoms with Gasteiger partial charge in [0.25, 0.3) is 0 Å². The van der Waals surface area contributed by atoms with Crippen LogP contribution in [-0.4, -0.2) is 98.3 Å². The van der Waals surface area contributed by atoms with Crippen LogP contribution >= 0.6 is 7.82 Å². The Hall–Kier alpha value is -1.67. The average molecular weight is 737 g/mol. The van der Waals surface area contributed by atoms with Crippen LogP contribution in [0, 0.1) is 0 Å². The third kappa shape index (κ3) is 21.0. The molecular formula is C36H65O13P. The minimum absolute atomic E-state index is 0.0819. The Labute approximate surface area is 298 Å². The highest BCUT2D eigenvalue weighted by Crippen LogP contribution is 2.47. The van der Waals surface area contributed by atoms with E-state index in [1.54, 1.807) is 0 Å². The van der Waals surface area contributed by atoms with E-state index in [1.807, 2.05) is 0 Å². The van der Waals surface area contributed by atoms with Crippen molar-refractivity contribution in [3.8, 4) is 0 Å². The lowest BCUT2D eigenvalue weighted by Gasteiger charge is -2.41. The molecule has 50 heavy (non-hydrogen) atoms. The van der Waals surface area contributed by atoms with Crippen molar-refractivity contribution in [3.63, 3.8) is 0 Å². The lowest BCUT2D eigenvalue weighted by molar-refractivity contribution is -0.220. The van der Waals surface area contributed by atoms with Crippen LogP contribution in [0.1, 0.15) is 136 Å². The molecule has 1 aliphatic rings. The van der Waals surface area contributed by atoms with E-state index >= 15 is 0 Å². The molecule has 1 aliphatic carbocycles. The summed E-state index contributed by atoms with van der Waals surface area (Å²) in [5, 5.41) is 49.8. The maximum absolute atomic E-state index is 12.7. The van der Waals surface area contributed by atoms with Crippen molar-refractivity contribution >= 4 is 19.8 Å². The molecule has 0 aromatic carbocycles.